The van der Waals surface area contributed by atoms with Crippen molar-refractivity contribution in [2.75, 3.05) is 5.32 Å². The molecule has 0 fully saturated rings. The molecule has 0 aliphatic heterocycles. The molecule has 0 aliphatic rings. The molecule has 0 radical (unpaired) electrons. The first kappa shape index (κ1) is 14.6. The Hall–Kier alpha value is -1.84. The predicted octanol–water partition coefficient (Wildman–Crippen LogP) is 4.22. The van der Waals surface area contributed by atoms with Gasteiger partial charge in [0.1, 0.15) is 5.82 Å². The fourth-order valence-electron chi connectivity index (χ4n) is 2.23. The summed E-state index contributed by atoms with van der Waals surface area (Å²) in [5.74, 6) is 0.682. The molecule has 1 unspecified atom stereocenters. The van der Waals surface area contributed by atoms with E-state index in [0.717, 1.165) is 30.2 Å². The van der Waals surface area contributed by atoms with Crippen LogP contribution in [0.5, 0.6) is 0 Å². The molecular formula is C16H22FN3. The predicted molar refractivity (Wildman–Crippen MR) is 80.4 cm³/mol. The van der Waals surface area contributed by atoms with E-state index in [2.05, 4.69) is 21.8 Å². The molecular weight excluding hydrogens is 253 g/mol. The van der Waals surface area contributed by atoms with Gasteiger partial charge in [-0.1, -0.05) is 19.1 Å². The Bertz CT molecular complexity index is 589. The third-order valence-electron chi connectivity index (χ3n) is 3.40. The number of aryl methyl sites for hydroxylation is 3. The third-order valence-corrected chi connectivity index (χ3v) is 3.40. The summed E-state index contributed by atoms with van der Waals surface area (Å²) in [7, 11) is 0. The van der Waals surface area contributed by atoms with E-state index in [4.69, 9.17) is 0 Å². The topological polar surface area (TPSA) is 29.9 Å². The highest BCUT2D eigenvalue weighted by Gasteiger charge is 2.11. The SMILES string of the molecule is CCCn1cc(C)nc1NC(C)c1ccc(C)c(F)c1. The lowest BCUT2D eigenvalue weighted by atomic mass is 10.1. The van der Waals surface area contributed by atoms with Crippen molar-refractivity contribution in [3.05, 3.63) is 47.0 Å². The molecule has 4 heteroatoms. The first-order valence-electron chi connectivity index (χ1n) is 7.07. The minimum atomic E-state index is -0.163. The number of nitrogens with zero attached hydrogens (tertiary/aromatic N) is 2. The summed E-state index contributed by atoms with van der Waals surface area (Å²) in [6.45, 7) is 8.84. The summed E-state index contributed by atoms with van der Waals surface area (Å²) >= 11 is 0. The Morgan fingerprint density at radius 2 is 2.10 bits per heavy atom. The summed E-state index contributed by atoms with van der Waals surface area (Å²) in [4.78, 5) is 4.49. The van der Waals surface area contributed by atoms with Crippen molar-refractivity contribution in [2.45, 2.75) is 46.7 Å². The lowest BCUT2D eigenvalue weighted by molar-refractivity contribution is 0.613. The van der Waals surface area contributed by atoms with Crippen LogP contribution in [-0.2, 0) is 6.54 Å². The van der Waals surface area contributed by atoms with Crippen LogP contribution in [0, 0.1) is 19.7 Å². The number of benzene rings is 1. The Kier molecular flexibility index (Phi) is 4.42. The minimum absolute atomic E-state index is 0.0162. The fraction of sp³-hybridized carbons (Fsp3) is 0.438. The maximum Gasteiger partial charge on any atom is 0.203 e. The second-order valence-corrected chi connectivity index (χ2v) is 5.27. The van der Waals surface area contributed by atoms with Gasteiger partial charge in [-0.2, -0.15) is 0 Å². The normalized spacial score (nSPS) is 12.4. The maximum absolute atomic E-state index is 13.6. The van der Waals surface area contributed by atoms with E-state index in [1.165, 1.54) is 0 Å². The number of imidazole rings is 1. The molecule has 1 heterocycles. The highest BCUT2D eigenvalue weighted by Crippen LogP contribution is 2.21. The highest BCUT2D eigenvalue weighted by molar-refractivity contribution is 5.35. The van der Waals surface area contributed by atoms with Crippen molar-refractivity contribution in [3.63, 3.8) is 0 Å². The number of halogens is 1. The molecule has 2 aromatic rings. The molecule has 1 aromatic carbocycles. The van der Waals surface area contributed by atoms with Crippen molar-refractivity contribution < 1.29 is 4.39 Å². The van der Waals surface area contributed by atoms with Gasteiger partial charge in [0.25, 0.3) is 0 Å². The molecule has 1 atom stereocenters. The molecule has 0 bridgehead atoms. The molecule has 1 N–H and O–H groups in total. The number of aromatic nitrogens is 2. The van der Waals surface area contributed by atoms with E-state index >= 15 is 0 Å². The average molecular weight is 275 g/mol. The van der Waals surface area contributed by atoms with Gasteiger partial charge in [0.05, 0.1) is 11.7 Å². The Balaban J connectivity index is 2.18. The summed E-state index contributed by atoms with van der Waals surface area (Å²) in [6.07, 6.45) is 3.09. The first-order valence-corrected chi connectivity index (χ1v) is 7.07. The molecule has 0 saturated heterocycles. The van der Waals surface area contributed by atoms with Crippen molar-refractivity contribution in [3.8, 4) is 0 Å². The van der Waals surface area contributed by atoms with Crippen LogP contribution >= 0.6 is 0 Å². The van der Waals surface area contributed by atoms with Crippen LogP contribution in [0.2, 0.25) is 0 Å². The first-order chi connectivity index (χ1) is 9.51. The monoisotopic (exact) mass is 275 g/mol. The van der Waals surface area contributed by atoms with Gasteiger partial charge in [-0.25, -0.2) is 9.37 Å². The molecule has 2 rings (SSSR count). The molecule has 20 heavy (non-hydrogen) atoms. The van der Waals surface area contributed by atoms with Crippen LogP contribution in [0.4, 0.5) is 10.3 Å². The maximum atomic E-state index is 13.6. The summed E-state index contributed by atoms with van der Waals surface area (Å²) in [5.41, 5.74) is 2.59. The van der Waals surface area contributed by atoms with Crippen LogP contribution in [0.25, 0.3) is 0 Å². The largest absolute Gasteiger partial charge is 0.349 e. The van der Waals surface area contributed by atoms with Gasteiger partial charge < -0.3 is 9.88 Å². The van der Waals surface area contributed by atoms with Crippen molar-refractivity contribution in [1.82, 2.24) is 9.55 Å². The lowest BCUT2D eigenvalue weighted by Gasteiger charge is -2.16. The third kappa shape index (κ3) is 3.18. The van der Waals surface area contributed by atoms with Gasteiger partial charge in [0.2, 0.25) is 5.95 Å². The van der Waals surface area contributed by atoms with E-state index in [0.29, 0.717) is 5.56 Å². The molecule has 108 valence electrons. The molecule has 1 aromatic heterocycles. The van der Waals surface area contributed by atoms with E-state index in [1.807, 2.05) is 32.2 Å². The summed E-state index contributed by atoms with van der Waals surface area (Å²) in [5, 5.41) is 3.36. The van der Waals surface area contributed by atoms with Gasteiger partial charge in [-0.05, 0) is 44.4 Å². The van der Waals surface area contributed by atoms with Crippen LogP contribution in [-0.4, -0.2) is 9.55 Å². The number of hydrogen-bond acceptors (Lipinski definition) is 2. The van der Waals surface area contributed by atoms with Crippen molar-refractivity contribution >= 4 is 5.95 Å². The van der Waals surface area contributed by atoms with Crippen LogP contribution in [0.15, 0.2) is 24.4 Å². The van der Waals surface area contributed by atoms with Gasteiger partial charge in [0, 0.05) is 12.7 Å². The van der Waals surface area contributed by atoms with Crippen LogP contribution < -0.4 is 5.32 Å². The fourth-order valence-corrected chi connectivity index (χ4v) is 2.23. The van der Waals surface area contributed by atoms with Gasteiger partial charge in [-0.15, -0.1) is 0 Å². The standard InChI is InChI=1S/C16H22FN3/c1-5-8-20-10-12(3)18-16(20)19-13(4)14-7-6-11(2)15(17)9-14/h6-7,9-10,13H,5,8H2,1-4H3,(H,18,19). The molecule has 0 saturated carbocycles. The number of nitrogens with one attached hydrogen (secondary N) is 1. The quantitative estimate of drug-likeness (QED) is 0.885. The second kappa shape index (κ2) is 6.07. The zero-order valence-corrected chi connectivity index (χ0v) is 12.6. The van der Waals surface area contributed by atoms with Gasteiger partial charge >= 0.3 is 0 Å². The summed E-state index contributed by atoms with van der Waals surface area (Å²) in [6, 6.07) is 5.37. The number of hydrogen-bond donors (Lipinski definition) is 1. The van der Waals surface area contributed by atoms with Crippen LogP contribution in [0.1, 0.15) is 43.1 Å². The van der Waals surface area contributed by atoms with Crippen LogP contribution in [0.3, 0.4) is 0 Å². The second-order valence-electron chi connectivity index (χ2n) is 5.27. The number of rotatable bonds is 5. The van der Waals surface area contributed by atoms with E-state index < -0.39 is 0 Å². The Morgan fingerprint density at radius 1 is 1.35 bits per heavy atom. The summed E-state index contributed by atoms with van der Waals surface area (Å²) < 4.78 is 15.7. The minimum Gasteiger partial charge on any atom is -0.349 e. The van der Waals surface area contributed by atoms with Crippen molar-refractivity contribution in [1.29, 1.82) is 0 Å². The van der Waals surface area contributed by atoms with Gasteiger partial charge in [0.15, 0.2) is 0 Å². The van der Waals surface area contributed by atoms with E-state index in [1.54, 1.807) is 13.0 Å². The molecule has 0 aliphatic carbocycles. The smallest absolute Gasteiger partial charge is 0.203 e. The Morgan fingerprint density at radius 3 is 2.75 bits per heavy atom. The molecule has 0 amide bonds. The van der Waals surface area contributed by atoms with E-state index in [-0.39, 0.29) is 11.9 Å². The molecule has 0 spiro atoms. The zero-order chi connectivity index (χ0) is 14.7. The van der Waals surface area contributed by atoms with E-state index in [9.17, 15) is 4.39 Å². The highest BCUT2D eigenvalue weighted by atomic mass is 19.1. The Labute approximate surface area is 119 Å². The van der Waals surface area contributed by atoms with Gasteiger partial charge in [-0.3, -0.25) is 0 Å². The lowest BCUT2D eigenvalue weighted by Crippen LogP contribution is -2.12. The average Bonchev–Trinajstić information content (AvgIpc) is 2.73. The zero-order valence-electron chi connectivity index (χ0n) is 12.6. The molecule has 3 nitrogen and oxygen atoms in total. The van der Waals surface area contributed by atoms with Crippen molar-refractivity contribution in [2.24, 2.45) is 0 Å². The number of anilines is 1.